The molecule has 32 heavy (non-hydrogen) atoms. The van der Waals surface area contributed by atoms with Crippen LogP contribution in [0.3, 0.4) is 0 Å². The lowest BCUT2D eigenvalue weighted by Crippen LogP contribution is -2.22. The van der Waals surface area contributed by atoms with Crippen LogP contribution in [0.2, 0.25) is 0 Å². The lowest BCUT2D eigenvalue weighted by Gasteiger charge is -2.16. The summed E-state index contributed by atoms with van der Waals surface area (Å²) in [4.78, 5) is 17.0. The molecular formula is C25H27FN2O4. The van der Waals surface area contributed by atoms with Gasteiger partial charge in [0.25, 0.3) is 5.88 Å². The molecule has 1 heterocycles. The lowest BCUT2D eigenvalue weighted by molar-refractivity contribution is 0.234. The number of ether oxygens (including phenoxy) is 3. The molecule has 2 aromatic carbocycles. The number of hydrogen-bond acceptors (Lipinski definition) is 5. The third-order valence-electron chi connectivity index (χ3n) is 5.71. The van der Waals surface area contributed by atoms with E-state index >= 15 is 0 Å². The summed E-state index contributed by atoms with van der Waals surface area (Å²) in [5, 5.41) is 0. The molecule has 1 aliphatic rings. The SMILES string of the molecule is COc1cc(-n2ccnc(OCCc3ccc(F)cc3)c2=O)ccc1OCC(C)C1CC1. The summed E-state index contributed by atoms with van der Waals surface area (Å²) in [6.45, 7) is 3.10. The van der Waals surface area contributed by atoms with Crippen LogP contribution in [0.4, 0.5) is 4.39 Å². The molecule has 0 N–H and O–H groups in total. The maximum Gasteiger partial charge on any atom is 0.317 e. The average molecular weight is 438 g/mol. The average Bonchev–Trinajstić information content (AvgIpc) is 3.65. The normalized spacial score (nSPS) is 14.1. The minimum atomic E-state index is -0.371. The zero-order valence-electron chi connectivity index (χ0n) is 18.3. The Kier molecular flexibility index (Phi) is 6.73. The molecule has 0 amide bonds. The van der Waals surface area contributed by atoms with E-state index in [0.29, 0.717) is 36.1 Å². The second-order valence-corrected chi connectivity index (χ2v) is 8.09. The van der Waals surface area contributed by atoms with Crippen LogP contribution >= 0.6 is 0 Å². The predicted octanol–water partition coefficient (Wildman–Crippen LogP) is 4.43. The van der Waals surface area contributed by atoms with Crippen molar-refractivity contribution in [3.63, 3.8) is 0 Å². The Balaban J connectivity index is 1.45. The first kappa shape index (κ1) is 21.9. The van der Waals surface area contributed by atoms with Gasteiger partial charge in [0, 0.05) is 24.9 Å². The summed E-state index contributed by atoms with van der Waals surface area (Å²) < 4.78 is 31.6. The monoisotopic (exact) mass is 438 g/mol. The van der Waals surface area contributed by atoms with E-state index in [9.17, 15) is 9.18 Å². The minimum Gasteiger partial charge on any atom is -0.493 e. The van der Waals surface area contributed by atoms with Gasteiger partial charge in [-0.3, -0.25) is 9.36 Å². The molecule has 1 atom stereocenters. The number of methoxy groups -OCH3 is 1. The Morgan fingerprint density at radius 1 is 1.12 bits per heavy atom. The molecule has 1 unspecified atom stereocenters. The third-order valence-corrected chi connectivity index (χ3v) is 5.71. The number of benzene rings is 2. The van der Waals surface area contributed by atoms with E-state index in [-0.39, 0.29) is 23.9 Å². The lowest BCUT2D eigenvalue weighted by atomic mass is 10.1. The number of aromatic nitrogens is 2. The minimum absolute atomic E-state index is 0.00663. The van der Waals surface area contributed by atoms with Crippen molar-refractivity contribution in [1.29, 1.82) is 0 Å². The van der Waals surface area contributed by atoms with Crippen molar-refractivity contribution in [3.8, 4) is 23.1 Å². The maximum atomic E-state index is 13.0. The molecule has 6 nitrogen and oxygen atoms in total. The number of hydrogen-bond donors (Lipinski definition) is 0. The van der Waals surface area contributed by atoms with Gasteiger partial charge in [0.05, 0.1) is 26.0 Å². The predicted molar refractivity (Wildman–Crippen MR) is 119 cm³/mol. The van der Waals surface area contributed by atoms with Gasteiger partial charge in [-0.1, -0.05) is 19.1 Å². The van der Waals surface area contributed by atoms with Crippen molar-refractivity contribution < 1.29 is 18.6 Å². The van der Waals surface area contributed by atoms with Gasteiger partial charge in [-0.25, -0.2) is 9.37 Å². The van der Waals surface area contributed by atoms with Crippen LogP contribution in [0.5, 0.6) is 17.4 Å². The number of nitrogens with zero attached hydrogens (tertiary/aromatic N) is 2. The topological polar surface area (TPSA) is 62.6 Å². The molecule has 0 bridgehead atoms. The third kappa shape index (κ3) is 5.28. The van der Waals surface area contributed by atoms with Gasteiger partial charge in [0.2, 0.25) is 0 Å². The molecule has 3 aromatic rings. The molecule has 0 saturated heterocycles. The molecule has 0 aliphatic heterocycles. The molecule has 1 aromatic heterocycles. The summed E-state index contributed by atoms with van der Waals surface area (Å²) in [7, 11) is 1.58. The second kappa shape index (κ2) is 9.85. The Bertz CT molecular complexity index is 1110. The highest BCUT2D eigenvalue weighted by molar-refractivity contribution is 5.49. The van der Waals surface area contributed by atoms with Crippen molar-refractivity contribution in [2.45, 2.75) is 26.2 Å². The van der Waals surface area contributed by atoms with E-state index in [4.69, 9.17) is 14.2 Å². The summed E-state index contributed by atoms with van der Waals surface area (Å²) in [5.41, 5.74) is 1.17. The quantitative estimate of drug-likeness (QED) is 0.469. The largest absolute Gasteiger partial charge is 0.493 e. The highest BCUT2D eigenvalue weighted by Gasteiger charge is 2.28. The molecule has 1 aliphatic carbocycles. The first-order valence-corrected chi connectivity index (χ1v) is 10.8. The number of halogens is 1. The highest BCUT2D eigenvalue weighted by Crippen LogP contribution is 2.37. The smallest absolute Gasteiger partial charge is 0.317 e. The fourth-order valence-electron chi connectivity index (χ4n) is 3.56. The van der Waals surface area contributed by atoms with Crippen molar-refractivity contribution >= 4 is 0 Å². The molecule has 1 fully saturated rings. The fourth-order valence-corrected chi connectivity index (χ4v) is 3.56. The van der Waals surface area contributed by atoms with Gasteiger partial charge >= 0.3 is 5.56 Å². The van der Waals surface area contributed by atoms with Crippen LogP contribution in [0.1, 0.15) is 25.3 Å². The van der Waals surface area contributed by atoms with Gasteiger partial charge < -0.3 is 14.2 Å². The summed E-state index contributed by atoms with van der Waals surface area (Å²) in [6.07, 6.45) is 6.19. The van der Waals surface area contributed by atoms with Crippen molar-refractivity contribution in [1.82, 2.24) is 9.55 Å². The molecule has 7 heteroatoms. The molecule has 168 valence electrons. The van der Waals surface area contributed by atoms with Crippen LogP contribution in [0.15, 0.2) is 59.7 Å². The Morgan fingerprint density at radius 2 is 1.91 bits per heavy atom. The number of rotatable bonds is 10. The molecule has 4 rings (SSSR count). The van der Waals surface area contributed by atoms with E-state index in [0.717, 1.165) is 11.5 Å². The van der Waals surface area contributed by atoms with Gasteiger partial charge in [0.1, 0.15) is 5.82 Å². The van der Waals surface area contributed by atoms with Crippen molar-refractivity contribution in [3.05, 3.63) is 76.6 Å². The van der Waals surface area contributed by atoms with Gasteiger partial charge in [-0.05, 0) is 54.5 Å². The zero-order valence-corrected chi connectivity index (χ0v) is 18.3. The van der Waals surface area contributed by atoms with Crippen LogP contribution in [-0.2, 0) is 6.42 Å². The Hall–Kier alpha value is -3.35. The summed E-state index contributed by atoms with van der Waals surface area (Å²) >= 11 is 0. The van der Waals surface area contributed by atoms with Crippen LogP contribution < -0.4 is 19.8 Å². The molecule has 1 saturated carbocycles. The van der Waals surface area contributed by atoms with E-state index in [1.807, 2.05) is 12.1 Å². The van der Waals surface area contributed by atoms with E-state index in [1.165, 1.54) is 35.7 Å². The van der Waals surface area contributed by atoms with Gasteiger partial charge in [-0.15, -0.1) is 0 Å². The maximum absolute atomic E-state index is 13.0. The molecule has 0 spiro atoms. The van der Waals surface area contributed by atoms with E-state index in [2.05, 4.69) is 11.9 Å². The molecular weight excluding hydrogens is 411 g/mol. The van der Waals surface area contributed by atoms with Crippen molar-refractivity contribution in [2.75, 3.05) is 20.3 Å². The van der Waals surface area contributed by atoms with Crippen LogP contribution in [-0.4, -0.2) is 29.9 Å². The first-order valence-electron chi connectivity index (χ1n) is 10.8. The van der Waals surface area contributed by atoms with Gasteiger partial charge in [0.15, 0.2) is 11.5 Å². The Morgan fingerprint density at radius 3 is 2.62 bits per heavy atom. The first-order chi connectivity index (χ1) is 15.5. The van der Waals surface area contributed by atoms with Gasteiger partial charge in [-0.2, -0.15) is 0 Å². The second-order valence-electron chi connectivity index (χ2n) is 8.09. The van der Waals surface area contributed by atoms with Crippen LogP contribution in [0.25, 0.3) is 5.69 Å². The summed E-state index contributed by atoms with van der Waals surface area (Å²) in [6, 6.07) is 11.6. The van der Waals surface area contributed by atoms with Crippen LogP contribution in [0, 0.1) is 17.7 Å². The zero-order chi connectivity index (χ0) is 22.5. The Labute approximate surface area is 186 Å². The van der Waals surface area contributed by atoms with E-state index in [1.54, 1.807) is 31.5 Å². The highest BCUT2D eigenvalue weighted by atomic mass is 19.1. The molecule has 0 radical (unpaired) electrons. The fraction of sp³-hybridized carbons (Fsp3) is 0.360. The van der Waals surface area contributed by atoms with Crippen molar-refractivity contribution in [2.24, 2.45) is 11.8 Å². The summed E-state index contributed by atoms with van der Waals surface area (Å²) in [5.74, 6) is 2.21. The standard InChI is InChI=1S/C25H27FN2O4/c1-17(19-5-6-19)16-32-22-10-9-21(15-23(22)30-2)28-13-12-27-24(25(28)29)31-14-11-18-3-7-20(26)8-4-18/h3-4,7-10,12-13,15,17,19H,5-6,11,14,16H2,1-2H3. The van der Waals surface area contributed by atoms with E-state index < -0.39 is 0 Å².